The summed E-state index contributed by atoms with van der Waals surface area (Å²) in [5.41, 5.74) is 8.62. The number of anilines is 1. The highest BCUT2D eigenvalue weighted by molar-refractivity contribution is 5.87. The van der Waals surface area contributed by atoms with Crippen LogP contribution in [0.1, 0.15) is 11.1 Å². The van der Waals surface area contributed by atoms with E-state index in [9.17, 15) is 0 Å². The lowest BCUT2D eigenvalue weighted by Gasteiger charge is -2.03. The fourth-order valence-corrected chi connectivity index (χ4v) is 1.44. The number of hydrogen-bond acceptors (Lipinski definition) is 3. The number of aromatic nitrogens is 1. The van der Waals surface area contributed by atoms with Crippen LogP contribution in [-0.2, 0) is 0 Å². The number of pyridine rings is 1. The molecule has 0 unspecified atom stereocenters. The van der Waals surface area contributed by atoms with E-state index < -0.39 is 0 Å². The second-order valence-corrected chi connectivity index (χ2v) is 3.20. The zero-order chi connectivity index (χ0) is 10.1. The number of nitrogens with two attached hydrogens (primary N) is 1. The Bertz CT molecular complexity index is 538. The lowest BCUT2D eigenvalue weighted by Crippen LogP contribution is -1.92. The summed E-state index contributed by atoms with van der Waals surface area (Å²) in [6, 6.07) is 7.50. The van der Waals surface area contributed by atoms with Gasteiger partial charge in [-0.1, -0.05) is 0 Å². The summed E-state index contributed by atoms with van der Waals surface area (Å²) in [5, 5.41) is 9.80. The maximum atomic E-state index is 8.82. The standard InChI is InChI=1S/C11H9N3/c1-7-2-3-14-11-5-10(13)8(6-12)4-9(7)11/h2-5H,13H2,1H3. The average molecular weight is 183 g/mol. The van der Waals surface area contributed by atoms with Gasteiger partial charge < -0.3 is 5.73 Å². The van der Waals surface area contributed by atoms with E-state index in [-0.39, 0.29) is 0 Å². The molecule has 0 bridgehead atoms. The third-order valence-corrected chi connectivity index (χ3v) is 2.25. The molecule has 14 heavy (non-hydrogen) atoms. The zero-order valence-electron chi connectivity index (χ0n) is 7.78. The molecule has 1 aromatic heterocycles. The molecule has 0 aliphatic carbocycles. The maximum absolute atomic E-state index is 8.82. The van der Waals surface area contributed by atoms with Crippen LogP contribution in [0.25, 0.3) is 10.9 Å². The summed E-state index contributed by atoms with van der Waals surface area (Å²) in [4.78, 5) is 4.19. The highest BCUT2D eigenvalue weighted by atomic mass is 14.7. The molecular formula is C11H9N3. The van der Waals surface area contributed by atoms with Crippen molar-refractivity contribution >= 4 is 16.6 Å². The molecule has 0 amide bonds. The van der Waals surface area contributed by atoms with Crippen LogP contribution in [0.5, 0.6) is 0 Å². The van der Waals surface area contributed by atoms with Gasteiger partial charge >= 0.3 is 0 Å². The van der Waals surface area contributed by atoms with Crippen molar-refractivity contribution in [1.82, 2.24) is 4.98 Å². The second kappa shape index (κ2) is 3.00. The van der Waals surface area contributed by atoms with Crippen molar-refractivity contribution in [3.8, 4) is 6.07 Å². The molecule has 0 spiro atoms. The Labute approximate surface area is 81.8 Å². The van der Waals surface area contributed by atoms with Gasteiger partial charge in [-0.3, -0.25) is 4.98 Å². The lowest BCUT2D eigenvalue weighted by atomic mass is 10.1. The average Bonchev–Trinajstić information content (AvgIpc) is 2.17. The predicted molar refractivity (Wildman–Crippen MR) is 55.6 cm³/mol. The summed E-state index contributed by atoms with van der Waals surface area (Å²) in [6.07, 6.45) is 1.74. The molecule has 68 valence electrons. The summed E-state index contributed by atoms with van der Waals surface area (Å²) < 4.78 is 0. The van der Waals surface area contributed by atoms with Crippen molar-refractivity contribution in [1.29, 1.82) is 5.26 Å². The van der Waals surface area contributed by atoms with Crippen LogP contribution in [0, 0.1) is 18.3 Å². The Hall–Kier alpha value is -2.08. The van der Waals surface area contributed by atoms with Crippen LogP contribution in [0.3, 0.4) is 0 Å². The van der Waals surface area contributed by atoms with Crippen molar-refractivity contribution in [2.45, 2.75) is 6.92 Å². The third-order valence-electron chi connectivity index (χ3n) is 2.25. The number of nitrogens with zero attached hydrogens (tertiary/aromatic N) is 2. The molecule has 2 aromatic rings. The Balaban J connectivity index is 2.89. The molecule has 0 fully saturated rings. The Kier molecular flexibility index (Phi) is 1.83. The lowest BCUT2D eigenvalue weighted by molar-refractivity contribution is 1.36. The Morgan fingerprint density at radius 1 is 1.43 bits per heavy atom. The molecule has 2 rings (SSSR count). The number of rotatable bonds is 0. The van der Waals surface area contributed by atoms with E-state index in [1.54, 1.807) is 18.3 Å². The Morgan fingerprint density at radius 3 is 2.93 bits per heavy atom. The van der Waals surface area contributed by atoms with Gasteiger partial charge in [0.25, 0.3) is 0 Å². The predicted octanol–water partition coefficient (Wildman–Crippen LogP) is 2.00. The normalized spacial score (nSPS) is 10.0. The van der Waals surface area contributed by atoms with E-state index in [0.717, 1.165) is 16.5 Å². The van der Waals surface area contributed by atoms with Crippen LogP contribution in [0.2, 0.25) is 0 Å². The minimum atomic E-state index is 0.484. The Morgan fingerprint density at radius 2 is 2.21 bits per heavy atom. The first-order valence-corrected chi connectivity index (χ1v) is 4.27. The molecule has 0 saturated heterocycles. The minimum absolute atomic E-state index is 0.484. The largest absolute Gasteiger partial charge is 0.398 e. The fraction of sp³-hybridized carbons (Fsp3) is 0.0909. The van der Waals surface area contributed by atoms with Crippen LogP contribution in [0.4, 0.5) is 5.69 Å². The second-order valence-electron chi connectivity index (χ2n) is 3.20. The van der Waals surface area contributed by atoms with Crippen molar-refractivity contribution < 1.29 is 0 Å². The van der Waals surface area contributed by atoms with E-state index in [2.05, 4.69) is 11.1 Å². The van der Waals surface area contributed by atoms with Crippen molar-refractivity contribution in [2.75, 3.05) is 5.73 Å². The quantitative estimate of drug-likeness (QED) is 0.635. The summed E-state index contributed by atoms with van der Waals surface area (Å²) >= 11 is 0. The highest BCUT2D eigenvalue weighted by Gasteiger charge is 2.03. The van der Waals surface area contributed by atoms with Gasteiger partial charge in [0.15, 0.2) is 0 Å². The highest BCUT2D eigenvalue weighted by Crippen LogP contribution is 2.22. The summed E-state index contributed by atoms with van der Waals surface area (Å²) in [5.74, 6) is 0. The number of aryl methyl sites for hydroxylation is 1. The van der Waals surface area contributed by atoms with Gasteiger partial charge in [0.1, 0.15) is 6.07 Å². The van der Waals surface area contributed by atoms with E-state index in [0.29, 0.717) is 11.3 Å². The van der Waals surface area contributed by atoms with E-state index >= 15 is 0 Å². The van der Waals surface area contributed by atoms with Gasteiger partial charge in [0.05, 0.1) is 16.8 Å². The topological polar surface area (TPSA) is 62.7 Å². The molecule has 3 heteroatoms. The number of benzene rings is 1. The molecular weight excluding hydrogens is 174 g/mol. The van der Waals surface area contributed by atoms with Gasteiger partial charge in [0, 0.05) is 11.6 Å². The molecule has 0 aliphatic heterocycles. The van der Waals surface area contributed by atoms with Crippen LogP contribution in [0.15, 0.2) is 24.4 Å². The number of nitrogen functional groups attached to an aromatic ring is 1. The van der Waals surface area contributed by atoms with E-state index in [1.807, 2.05) is 13.0 Å². The van der Waals surface area contributed by atoms with Gasteiger partial charge in [-0.25, -0.2) is 0 Å². The number of fused-ring (bicyclic) bond motifs is 1. The first-order valence-electron chi connectivity index (χ1n) is 4.27. The molecule has 1 heterocycles. The van der Waals surface area contributed by atoms with Gasteiger partial charge in [-0.15, -0.1) is 0 Å². The first kappa shape index (κ1) is 8.52. The van der Waals surface area contributed by atoms with E-state index in [1.165, 1.54) is 0 Å². The smallest absolute Gasteiger partial charge is 0.101 e. The van der Waals surface area contributed by atoms with Gasteiger partial charge in [-0.2, -0.15) is 5.26 Å². The van der Waals surface area contributed by atoms with E-state index in [4.69, 9.17) is 11.0 Å². The van der Waals surface area contributed by atoms with Crippen molar-refractivity contribution in [3.05, 3.63) is 35.5 Å². The van der Waals surface area contributed by atoms with Crippen LogP contribution in [-0.4, -0.2) is 4.98 Å². The number of hydrogen-bond donors (Lipinski definition) is 1. The van der Waals surface area contributed by atoms with Crippen molar-refractivity contribution in [2.24, 2.45) is 0 Å². The molecule has 1 aromatic carbocycles. The van der Waals surface area contributed by atoms with Gasteiger partial charge in [0.2, 0.25) is 0 Å². The maximum Gasteiger partial charge on any atom is 0.101 e. The van der Waals surface area contributed by atoms with Crippen molar-refractivity contribution in [3.63, 3.8) is 0 Å². The molecule has 0 atom stereocenters. The van der Waals surface area contributed by atoms with Crippen LogP contribution >= 0.6 is 0 Å². The first-order chi connectivity index (χ1) is 6.72. The minimum Gasteiger partial charge on any atom is -0.398 e. The molecule has 0 saturated carbocycles. The number of nitriles is 1. The molecule has 0 radical (unpaired) electrons. The monoisotopic (exact) mass is 183 g/mol. The summed E-state index contributed by atoms with van der Waals surface area (Å²) in [7, 11) is 0. The zero-order valence-corrected chi connectivity index (χ0v) is 7.78. The molecule has 0 aliphatic rings. The fourth-order valence-electron chi connectivity index (χ4n) is 1.44. The van der Waals surface area contributed by atoms with Crippen LogP contribution < -0.4 is 5.73 Å². The molecule has 3 nitrogen and oxygen atoms in total. The molecule has 2 N–H and O–H groups in total. The third kappa shape index (κ3) is 1.17. The summed E-state index contributed by atoms with van der Waals surface area (Å²) in [6.45, 7) is 1.99. The SMILES string of the molecule is Cc1ccnc2cc(N)c(C#N)cc12. The van der Waals surface area contributed by atoms with Gasteiger partial charge in [-0.05, 0) is 30.7 Å².